The van der Waals surface area contributed by atoms with Crippen molar-refractivity contribution in [1.29, 1.82) is 0 Å². The van der Waals surface area contributed by atoms with Gasteiger partial charge in [0.15, 0.2) is 0 Å². The first-order valence-electron chi connectivity index (χ1n) is 6.64. The Morgan fingerprint density at radius 3 is 2.94 bits per heavy atom. The van der Waals surface area contributed by atoms with Crippen molar-refractivity contribution in [2.24, 2.45) is 11.3 Å². The van der Waals surface area contributed by atoms with Crippen LogP contribution < -0.4 is 10.6 Å². The molecule has 0 bridgehead atoms. The molecule has 0 radical (unpaired) electrons. The smallest absolute Gasteiger partial charge is 0.233 e. The molecule has 1 amide bonds. The van der Waals surface area contributed by atoms with Gasteiger partial charge in [-0.3, -0.25) is 9.89 Å². The SMILES string of the molecule is CCc1cn[nH]c1NC(=O)C1(C(C)C)CCNC1. The van der Waals surface area contributed by atoms with Gasteiger partial charge < -0.3 is 10.6 Å². The molecule has 5 nitrogen and oxygen atoms in total. The van der Waals surface area contributed by atoms with Crippen LogP contribution in [-0.4, -0.2) is 29.2 Å². The summed E-state index contributed by atoms with van der Waals surface area (Å²) >= 11 is 0. The van der Waals surface area contributed by atoms with E-state index >= 15 is 0 Å². The fourth-order valence-electron chi connectivity index (χ4n) is 2.59. The van der Waals surface area contributed by atoms with Crippen LogP contribution >= 0.6 is 0 Å². The first kappa shape index (κ1) is 13.1. The highest BCUT2D eigenvalue weighted by Crippen LogP contribution is 2.35. The van der Waals surface area contributed by atoms with E-state index in [1.54, 1.807) is 6.20 Å². The number of carbonyl (C=O) groups excluding carboxylic acids is 1. The largest absolute Gasteiger partial charge is 0.316 e. The Morgan fingerprint density at radius 2 is 2.39 bits per heavy atom. The van der Waals surface area contributed by atoms with E-state index < -0.39 is 0 Å². The molecule has 2 rings (SSSR count). The van der Waals surface area contributed by atoms with E-state index in [9.17, 15) is 4.79 Å². The molecule has 100 valence electrons. The molecule has 1 aliphatic rings. The van der Waals surface area contributed by atoms with Gasteiger partial charge in [0.05, 0.1) is 11.6 Å². The quantitative estimate of drug-likeness (QED) is 0.759. The summed E-state index contributed by atoms with van der Waals surface area (Å²) in [7, 11) is 0. The third-order valence-corrected chi connectivity index (χ3v) is 4.08. The van der Waals surface area contributed by atoms with Crippen LogP contribution in [0, 0.1) is 11.3 Å². The van der Waals surface area contributed by atoms with E-state index in [4.69, 9.17) is 0 Å². The highest BCUT2D eigenvalue weighted by atomic mass is 16.2. The van der Waals surface area contributed by atoms with Crippen molar-refractivity contribution in [3.63, 3.8) is 0 Å². The highest BCUT2D eigenvalue weighted by Gasteiger charge is 2.44. The van der Waals surface area contributed by atoms with Crippen LogP contribution in [0.25, 0.3) is 0 Å². The molecule has 5 heteroatoms. The van der Waals surface area contributed by atoms with E-state index in [1.165, 1.54) is 0 Å². The molecule has 1 unspecified atom stereocenters. The molecule has 3 N–H and O–H groups in total. The maximum absolute atomic E-state index is 12.5. The van der Waals surface area contributed by atoms with Gasteiger partial charge in [-0.05, 0) is 25.3 Å². The number of hydrogen-bond acceptors (Lipinski definition) is 3. The van der Waals surface area contributed by atoms with Crippen molar-refractivity contribution in [3.8, 4) is 0 Å². The van der Waals surface area contributed by atoms with Crippen molar-refractivity contribution in [1.82, 2.24) is 15.5 Å². The van der Waals surface area contributed by atoms with Crippen LogP contribution in [0.2, 0.25) is 0 Å². The molecule has 0 aromatic carbocycles. The first-order valence-corrected chi connectivity index (χ1v) is 6.64. The Bertz CT molecular complexity index is 418. The van der Waals surface area contributed by atoms with Gasteiger partial charge in [-0.25, -0.2) is 0 Å². The van der Waals surface area contributed by atoms with Crippen LogP contribution in [0.3, 0.4) is 0 Å². The average molecular weight is 250 g/mol. The Balaban J connectivity index is 2.16. The van der Waals surface area contributed by atoms with E-state index in [-0.39, 0.29) is 11.3 Å². The van der Waals surface area contributed by atoms with E-state index in [0.29, 0.717) is 5.92 Å². The summed E-state index contributed by atoms with van der Waals surface area (Å²) in [6.45, 7) is 7.94. The average Bonchev–Trinajstić information content (AvgIpc) is 2.97. The van der Waals surface area contributed by atoms with Gasteiger partial charge in [0.2, 0.25) is 5.91 Å². The minimum atomic E-state index is -0.296. The molecule has 1 saturated heterocycles. The fraction of sp³-hybridized carbons (Fsp3) is 0.692. The van der Waals surface area contributed by atoms with Crippen molar-refractivity contribution >= 4 is 11.7 Å². The van der Waals surface area contributed by atoms with E-state index in [0.717, 1.165) is 37.3 Å². The minimum Gasteiger partial charge on any atom is -0.316 e. The summed E-state index contributed by atoms with van der Waals surface area (Å²) < 4.78 is 0. The van der Waals surface area contributed by atoms with Gasteiger partial charge in [-0.15, -0.1) is 0 Å². The van der Waals surface area contributed by atoms with Gasteiger partial charge in [0.1, 0.15) is 5.82 Å². The standard InChI is InChI=1S/C13H22N4O/c1-4-10-7-15-17-11(10)16-12(18)13(9(2)3)5-6-14-8-13/h7,9,14H,4-6,8H2,1-3H3,(H2,15,16,17,18). The number of aromatic nitrogens is 2. The number of aryl methyl sites for hydroxylation is 1. The van der Waals surface area contributed by atoms with Gasteiger partial charge in [0.25, 0.3) is 0 Å². The number of aromatic amines is 1. The molecule has 0 saturated carbocycles. The Kier molecular flexibility index (Phi) is 3.71. The maximum Gasteiger partial charge on any atom is 0.233 e. The van der Waals surface area contributed by atoms with Crippen LogP contribution in [-0.2, 0) is 11.2 Å². The fourth-order valence-corrected chi connectivity index (χ4v) is 2.59. The number of nitrogens with one attached hydrogen (secondary N) is 3. The van der Waals surface area contributed by atoms with Crippen molar-refractivity contribution in [2.75, 3.05) is 18.4 Å². The van der Waals surface area contributed by atoms with Crippen LogP contribution in [0.1, 0.15) is 32.8 Å². The van der Waals surface area contributed by atoms with Gasteiger partial charge in [-0.2, -0.15) is 5.10 Å². The lowest BCUT2D eigenvalue weighted by Gasteiger charge is -2.30. The number of anilines is 1. The Labute approximate surface area is 108 Å². The molecular weight excluding hydrogens is 228 g/mol. The lowest BCUT2D eigenvalue weighted by atomic mass is 9.75. The molecule has 1 atom stereocenters. The highest BCUT2D eigenvalue weighted by molar-refractivity contribution is 5.95. The lowest BCUT2D eigenvalue weighted by molar-refractivity contribution is -0.126. The minimum absolute atomic E-state index is 0.0986. The van der Waals surface area contributed by atoms with Gasteiger partial charge >= 0.3 is 0 Å². The molecule has 1 aromatic rings. The van der Waals surface area contributed by atoms with E-state index in [2.05, 4.69) is 41.6 Å². The van der Waals surface area contributed by atoms with Crippen LogP contribution in [0.4, 0.5) is 5.82 Å². The molecule has 0 aliphatic carbocycles. The molecule has 18 heavy (non-hydrogen) atoms. The monoisotopic (exact) mass is 250 g/mol. The summed E-state index contributed by atoms with van der Waals surface area (Å²) in [4.78, 5) is 12.5. The van der Waals surface area contributed by atoms with Crippen molar-refractivity contribution in [2.45, 2.75) is 33.6 Å². The Morgan fingerprint density at radius 1 is 1.61 bits per heavy atom. The summed E-state index contributed by atoms with van der Waals surface area (Å²) in [6, 6.07) is 0. The second kappa shape index (κ2) is 5.10. The second-order valence-electron chi connectivity index (χ2n) is 5.32. The number of nitrogens with zero attached hydrogens (tertiary/aromatic N) is 1. The summed E-state index contributed by atoms with van der Waals surface area (Å²) in [5.74, 6) is 1.16. The number of carbonyl (C=O) groups is 1. The third kappa shape index (κ3) is 2.14. The Hall–Kier alpha value is -1.36. The van der Waals surface area contributed by atoms with E-state index in [1.807, 2.05) is 0 Å². The molecule has 1 aromatic heterocycles. The number of H-pyrrole nitrogens is 1. The lowest BCUT2D eigenvalue weighted by Crippen LogP contribution is -2.42. The van der Waals surface area contributed by atoms with Crippen LogP contribution in [0.15, 0.2) is 6.20 Å². The number of hydrogen-bond donors (Lipinski definition) is 3. The molecular formula is C13H22N4O. The van der Waals surface area contributed by atoms with Gasteiger partial charge in [0, 0.05) is 12.1 Å². The molecule has 0 spiro atoms. The molecule has 2 heterocycles. The predicted octanol–water partition coefficient (Wildman–Crippen LogP) is 1.55. The molecule has 1 fully saturated rings. The topological polar surface area (TPSA) is 69.8 Å². The zero-order valence-corrected chi connectivity index (χ0v) is 11.3. The summed E-state index contributed by atoms with van der Waals surface area (Å²) in [5.41, 5.74) is 0.754. The maximum atomic E-state index is 12.5. The molecule has 1 aliphatic heterocycles. The van der Waals surface area contributed by atoms with Crippen LogP contribution in [0.5, 0.6) is 0 Å². The normalized spacial score (nSPS) is 23.6. The zero-order valence-electron chi connectivity index (χ0n) is 11.3. The van der Waals surface area contributed by atoms with Gasteiger partial charge in [-0.1, -0.05) is 20.8 Å². The first-order chi connectivity index (χ1) is 8.60. The number of rotatable bonds is 4. The predicted molar refractivity (Wildman–Crippen MR) is 71.4 cm³/mol. The number of amides is 1. The van der Waals surface area contributed by atoms with Crippen molar-refractivity contribution in [3.05, 3.63) is 11.8 Å². The summed E-state index contributed by atoms with van der Waals surface area (Å²) in [6.07, 6.45) is 3.52. The second-order valence-corrected chi connectivity index (χ2v) is 5.32. The zero-order chi connectivity index (χ0) is 13.2. The third-order valence-electron chi connectivity index (χ3n) is 4.08. The summed E-state index contributed by atoms with van der Waals surface area (Å²) in [5, 5.41) is 13.2. The van der Waals surface area contributed by atoms with Crippen molar-refractivity contribution < 1.29 is 4.79 Å².